The maximum absolute atomic E-state index is 12.0. The highest BCUT2D eigenvalue weighted by atomic mass is 16.5. The number of carbonyl (C=O) groups is 1. The first-order valence-corrected chi connectivity index (χ1v) is 5.78. The summed E-state index contributed by atoms with van der Waals surface area (Å²) in [6.45, 7) is 3.25. The molecule has 86 valence electrons. The Morgan fingerprint density at radius 3 is 3.00 bits per heavy atom. The van der Waals surface area contributed by atoms with Crippen LogP contribution in [0.15, 0.2) is 0 Å². The van der Waals surface area contributed by atoms with Crippen LogP contribution in [0.25, 0.3) is 0 Å². The van der Waals surface area contributed by atoms with Gasteiger partial charge in [-0.3, -0.25) is 4.79 Å². The Balaban J connectivity index is 1.81. The van der Waals surface area contributed by atoms with Crippen LogP contribution in [0.4, 0.5) is 0 Å². The molecule has 4 heteroatoms. The minimum absolute atomic E-state index is 0.0953. The van der Waals surface area contributed by atoms with E-state index in [1.54, 1.807) is 0 Å². The van der Waals surface area contributed by atoms with Crippen LogP contribution in [0.1, 0.15) is 19.3 Å². The van der Waals surface area contributed by atoms with Gasteiger partial charge in [-0.25, -0.2) is 0 Å². The molecule has 1 amide bonds. The second kappa shape index (κ2) is 4.94. The molecule has 0 aromatic rings. The van der Waals surface area contributed by atoms with Crippen molar-refractivity contribution in [1.29, 1.82) is 0 Å². The highest BCUT2D eigenvalue weighted by molar-refractivity contribution is 5.79. The molecule has 0 saturated carbocycles. The van der Waals surface area contributed by atoms with Gasteiger partial charge in [-0.15, -0.1) is 0 Å². The molecule has 4 nitrogen and oxygen atoms in total. The molecule has 2 rings (SSSR count). The van der Waals surface area contributed by atoms with Gasteiger partial charge in [0, 0.05) is 26.3 Å². The van der Waals surface area contributed by atoms with Gasteiger partial charge in [-0.2, -0.15) is 0 Å². The van der Waals surface area contributed by atoms with E-state index >= 15 is 0 Å². The molecule has 2 aliphatic rings. The van der Waals surface area contributed by atoms with E-state index in [2.05, 4.69) is 0 Å². The summed E-state index contributed by atoms with van der Waals surface area (Å²) in [5.41, 5.74) is 0. The minimum atomic E-state index is 0.0953. The van der Waals surface area contributed by atoms with Crippen molar-refractivity contribution in [2.24, 2.45) is 11.8 Å². The summed E-state index contributed by atoms with van der Waals surface area (Å²) in [7, 11) is 0. The Kier molecular flexibility index (Phi) is 3.59. The van der Waals surface area contributed by atoms with Gasteiger partial charge < -0.3 is 14.7 Å². The number of hydrogen-bond acceptors (Lipinski definition) is 3. The molecule has 2 fully saturated rings. The number of carbonyl (C=O) groups excluding carboxylic acids is 1. The summed E-state index contributed by atoms with van der Waals surface area (Å²) >= 11 is 0. The first-order chi connectivity index (χ1) is 7.31. The zero-order valence-corrected chi connectivity index (χ0v) is 9.02. The first kappa shape index (κ1) is 10.9. The average Bonchev–Trinajstić information content (AvgIpc) is 2.87. The number of ether oxygens (including phenoxy) is 1. The molecule has 2 saturated heterocycles. The zero-order valence-electron chi connectivity index (χ0n) is 9.02. The maximum Gasteiger partial charge on any atom is 0.228 e. The average molecular weight is 213 g/mol. The van der Waals surface area contributed by atoms with Crippen LogP contribution in [0.3, 0.4) is 0 Å². The first-order valence-electron chi connectivity index (χ1n) is 5.78. The molecule has 2 heterocycles. The van der Waals surface area contributed by atoms with Gasteiger partial charge in [-0.1, -0.05) is 0 Å². The normalized spacial score (nSPS) is 31.1. The Morgan fingerprint density at radius 2 is 2.33 bits per heavy atom. The molecule has 2 aliphatic heterocycles. The summed E-state index contributed by atoms with van der Waals surface area (Å²) in [6.07, 6.45) is 2.74. The quantitative estimate of drug-likeness (QED) is 0.731. The predicted octanol–water partition coefficient (Wildman–Crippen LogP) is 0.254. The molecule has 0 radical (unpaired) electrons. The SMILES string of the molecule is O=C(C1CCOC1)N1CCC(CCO)C1. The Hall–Kier alpha value is -0.610. The lowest BCUT2D eigenvalue weighted by atomic mass is 10.1. The number of hydrogen-bond donors (Lipinski definition) is 1. The van der Waals surface area contributed by atoms with Crippen molar-refractivity contribution in [2.45, 2.75) is 19.3 Å². The smallest absolute Gasteiger partial charge is 0.228 e. The van der Waals surface area contributed by atoms with Crippen molar-refractivity contribution >= 4 is 5.91 Å². The lowest BCUT2D eigenvalue weighted by molar-refractivity contribution is -0.134. The Labute approximate surface area is 90.2 Å². The molecular formula is C11H19NO3. The van der Waals surface area contributed by atoms with Gasteiger partial charge in [-0.05, 0) is 25.2 Å². The van der Waals surface area contributed by atoms with Gasteiger partial charge in [0.1, 0.15) is 0 Å². The molecule has 2 unspecified atom stereocenters. The van der Waals surface area contributed by atoms with Crippen molar-refractivity contribution in [1.82, 2.24) is 4.90 Å². The van der Waals surface area contributed by atoms with Gasteiger partial charge in [0.2, 0.25) is 5.91 Å². The molecule has 0 aromatic carbocycles. The molecule has 0 aliphatic carbocycles. The summed E-state index contributed by atoms with van der Waals surface area (Å²) in [5, 5.41) is 8.84. The summed E-state index contributed by atoms with van der Waals surface area (Å²) in [4.78, 5) is 13.9. The van der Waals surface area contributed by atoms with E-state index in [4.69, 9.17) is 9.84 Å². The van der Waals surface area contributed by atoms with Crippen molar-refractivity contribution < 1.29 is 14.6 Å². The number of rotatable bonds is 3. The molecule has 1 N–H and O–H groups in total. The lowest BCUT2D eigenvalue weighted by Gasteiger charge is -2.19. The van der Waals surface area contributed by atoms with Crippen LogP contribution < -0.4 is 0 Å². The Bertz CT molecular complexity index is 226. The maximum atomic E-state index is 12.0. The third-order valence-electron chi connectivity index (χ3n) is 3.41. The van der Waals surface area contributed by atoms with Crippen LogP contribution in [0.2, 0.25) is 0 Å². The van der Waals surface area contributed by atoms with E-state index in [1.165, 1.54) is 0 Å². The van der Waals surface area contributed by atoms with Crippen LogP contribution in [-0.4, -0.2) is 48.8 Å². The molecule has 15 heavy (non-hydrogen) atoms. The van der Waals surface area contributed by atoms with Crippen molar-refractivity contribution in [2.75, 3.05) is 32.9 Å². The topological polar surface area (TPSA) is 49.8 Å². The number of aliphatic hydroxyl groups is 1. The van der Waals surface area contributed by atoms with E-state index in [1.807, 2.05) is 4.90 Å². The third-order valence-corrected chi connectivity index (χ3v) is 3.41. The number of nitrogens with zero attached hydrogens (tertiary/aromatic N) is 1. The lowest BCUT2D eigenvalue weighted by Crippen LogP contribution is -2.34. The largest absolute Gasteiger partial charge is 0.396 e. The standard InChI is InChI=1S/C11H19NO3/c13-5-2-9-1-4-12(7-9)11(14)10-3-6-15-8-10/h9-10,13H,1-8H2. The fraction of sp³-hybridized carbons (Fsp3) is 0.909. The van der Waals surface area contributed by atoms with E-state index in [0.29, 0.717) is 12.5 Å². The van der Waals surface area contributed by atoms with Gasteiger partial charge in [0.05, 0.1) is 12.5 Å². The highest BCUT2D eigenvalue weighted by Gasteiger charge is 2.32. The van der Waals surface area contributed by atoms with Crippen LogP contribution in [-0.2, 0) is 9.53 Å². The van der Waals surface area contributed by atoms with Crippen molar-refractivity contribution in [3.05, 3.63) is 0 Å². The van der Waals surface area contributed by atoms with Gasteiger partial charge in [0.15, 0.2) is 0 Å². The Morgan fingerprint density at radius 1 is 1.47 bits per heavy atom. The summed E-state index contributed by atoms with van der Waals surface area (Å²) in [5.74, 6) is 0.854. The zero-order chi connectivity index (χ0) is 10.7. The monoisotopic (exact) mass is 213 g/mol. The summed E-state index contributed by atoms with van der Waals surface area (Å²) < 4.78 is 5.22. The predicted molar refractivity (Wildman–Crippen MR) is 55.3 cm³/mol. The minimum Gasteiger partial charge on any atom is -0.396 e. The fourth-order valence-corrected chi connectivity index (χ4v) is 2.44. The van der Waals surface area contributed by atoms with E-state index in [-0.39, 0.29) is 18.4 Å². The van der Waals surface area contributed by atoms with E-state index < -0.39 is 0 Å². The molecule has 0 spiro atoms. The van der Waals surface area contributed by atoms with Crippen LogP contribution >= 0.6 is 0 Å². The second-order valence-electron chi connectivity index (χ2n) is 4.51. The van der Waals surface area contributed by atoms with Crippen LogP contribution in [0.5, 0.6) is 0 Å². The number of likely N-dealkylation sites (tertiary alicyclic amines) is 1. The van der Waals surface area contributed by atoms with E-state index in [0.717, 1.165) is 39.0 Å². The molecule has 2 atom stereocenters. The van der Waals surface area contributed by atoms with Crippen molar-refractivity contribution in [3.8, 4) is 0 Å². The second-order valence-corrected chi connectivity index (χ2v) is 4.51. The van der Waals surface area contributed by atoms with Crippen molar-refractivity contribution in [3.63, 3.8) is 0 Å². The fourth-order valence-electron chi connectivity index (χ4n) is 2.44. The molecule has 0 aromatic heterocycles. The number of aliphatic hydroxyl groups excluding tert-OH is 1. The molecular weight excluding hydrogens is 194 g/mol. The molecule has 0 bridgehead atoms. The summed E-state index contributed by atoms with van der Waals surface area (Å²) in [6, 6.07) is 0. The highest BCUT2D eigenvalue weighted by Crippen LogP contribution is 2.23. The van der Waals surface area contributed by atoms with Crippen LogP contribution in [0, 0.1) is 11.8 Å². The third kappa shape index (κ3) is 2.49. The van der Waals surface area contributed by atoms with E-state index in [9.17, 15) is 4.79 Å². The number of amides is 1. The van der Waals surface area contributed by atoms with Gasteiger partial charge in [0.25, 0.3) is 0 Å². The van der Waals surface area contributed by atoms with Gasteiger partial charge >= 0.3 is 0 Å².